The molecule has 2 rings (SSSR count). The second-order valence-electron chi connectivity index (χ2n) is 7.16. The summed E-state index contributed by atoms with van der Waals surface area (Å²) >= 11 is 0. The summed E-state index contributed by atoms with van der Waals surface area (Å²) in [7, 11) is 2.22. The van der Waals surface area contributed by atoms with Gasteiger partial charge in [0.15, 0.2) is 0 Å². The second-order valence-corrected chi connectivity index (χ2v) is 7.16. The lowest BCUT2D eigenvalue weighted by Gasteiger charge is -2.41. The number of hydrogen-bond acceptors (Lipinski definition) is 3. The molecule has 0 aliphatic heterocycles. The molecule has 0 aromatic carbocycles. The van der Waals surface area contributed by atoms with Gasteiger partial charge in [-0.2, -0.15) is 0 Å². The largest absolute Gasteiger partial charge is 0.389 e. The summed E-state index contributed by atoms with van der Waals surface area (Å²) in [5.74, 6) is 0. The van der Waals surface area contributed by atoms with Crippen molar-refractivity contribution < 1.29 is 5.11 Å². The van der Waals surface area contributed by atoms with Crippen LogP contribution in [0.25, 0.3) is 0 Å². The van der Waals surface area contributed by atoms with Crippen LogP contribution in [0.3, 0.4) is 0 Å². The van der Waals surface area contributed by atoms with Crippen LogP contribution in [0.1, 0.15) is 71.1 Å². The van der Waals surface area contributed by atoms with E-state index < -0.39 is 5.60 Å². The fourth-order valence-electron chi connectivity index (χ4n) is 4.03. The van der Waals surface area contributed by atoms with Crippen molar-refractivity contribution in [2.24, 2.45) is 0 Å². The highest BCUT2D eigenvalue weighted by Crippen LogP contribution is 2.30. The Morgan fingerprint density at radius 1 is 1.10 bits per heavy atom. The van der Waals surface area contributed by atoms with Crippen molar-refractivity contribution in [3.05, 3.63) is 0 Å². The van der Waals surface area contributed by atoms with Crippen molar-refractivity contribution in [1.29, 1.82) is 0 Å². The van der Waals surface area contributed by atoms with Gasteiger partial charge in [-0.3, -0.25) is 0 Å². The lowest BCUT2D eigenvalue weighted by molar-refractivity contribution is -0.0329. The summed E-state index contributed by atoms with van der Waals surface area (Å²) in [4.78, 5) is 2.45. The summed E-state index contributed by atoms with van der Waals surface area (Å²) in [6, 6.07) is 1.41. The summed E-state index contributed by atoms with van der Waals surface area (Å²) in [5.41, 5.74) is -0.399. The topological polar surface area (TPSA) is 35.5 Å². The second kappa shape index (κ2) is 7.77. The maximum Gasteiger partial charge on any atom is 0.0774 e. The van der Waals surface area contributed by atoms with Gasteiger partial charge in [-0.05, 0) is 58.5 Å². The molecule has 2 N–H and O–H groups in total. The minimum absolute atomic E-state index is 0.399. The van der Waals surface area contributed by atoms with E-state index in [1.165, 1.54) is 51.4 Å². The molecule has 0 radical (unpaired) electrons. The van der Waals surface area contributed by atoms with Crippen molar-refractivity contribution in [2.75, 3.05) is 20.1 Å². The van der Waals surface area contributed by atoms with Crippen LogP contribution in [0, 0.1) is 0 Å². The third-order valence-corrected chi connectivity index (χ3v) is 5.33. The third kappa shape index (κ3) is 4.71. The van der Waals surface area contributed by atoms with Crippen molar-refractivity contribution in [3.8, 4) is 0 Å². The van der Waals surface area contributed by atoms with Crippen LogP contribution < -0.4 is 5.32 Å². The molecule has 3 heteroatoms. The average Bonchev–Trinajstić information content (AvgIpc) is 2.46. The molecule has 0 aromatic rings. The van der Waals surface area contributed by atoms with E-state index >= 15 is 0 Å². The minimum Gasteiger partial charge on any atom is -0.389 e. The number of rotatable bonds is 6. The standard InChI is InChI=1S/C17H34N2O/c1-3-13-18-15-7-9-16(10-8-15)19(2)14-17(20)11-5-4-6-12-17/h15-16,18,20H,3-14H2,1-2H3. The molecule has 0 heterocycles. The first-order valence-corrected chi connectivity index (χ1v) is 8.79. The van der Waals surface area contributed by atoms with Crippen LogP contribution in [0.4, 0.5) is 0 Å². The predicted octanol–water partition coefficient (Wildman–Crippen LogP) is 2.92. The van der Waals surface area contributed by atoms with Crippen LogP contribution in [0.2, 0.25) is 0 Å². The van der Waals surface area contributed by atoms with Crippen molar-refractivity contribution >= 4 is 0 Å². The molecule has 3 nitrogen and oxygen atoms in total. The SMILES string of the molecule is CCCNC1CCC(N(C)CC2(O)CCCCC2)CC1. The third-order valence-electron chi connectivity index (χ3n) is 5.33. The smallest absolute Gasteiger partial charge is 0.0774 e. The lowest BCUT2D eigenvalue weighted by Crippen LogP contribution is -2.48. The van der Waals surface area contributed by atoms with E-state index in [0.717, 1.165) is 32.0 Å². The molecule has 0 atom stereocenters. The molecular formula is C17H34N2O. The number of nitrogens with one attached hydrogen (secondary N) is 1. The quantitative estimate of drug-likeness (QED) is 0.786. The van der Waals surface area contributed by atoms with Gasteiger partial charge in [-0.15, -0.1) is 0 Å². The molecule has 0 unspecified atom stereocenters. The monoisotopic (exact) mass is 282 g/mol. The van der Waals surface area contributed by atoms with Gasteiger partial charge >= 0.3 is 0 Å². The molecule has 2 aliphatic rings. The fraction of sp³-hybridized carbons (Fsp3) is 1.00. The molecule has 2 saturated carbocycles. The van der Waals surface area contributed by atoms with E-state index in [1.807, 2.05) is 0 Å². The highest BCUT2D eigenvalue weighted by atomic mass is 16.3. The van der Waals surface area contributed by atoms with Crippen LogP contribution >= 0.6 is 0 Å². The number of aliphatic hydroxyl groups is 1. The molecule has 2 aliphatic carbocycles. The van der Waals surface area contributed by atoms with E-state index in [-0.39, 0.29) is 0 Å². The Hall–Kier alpha value is -0.120. The zero-order valence-corrected chi connectivity index (χ0v) is 13.5. The van der Waals surface area contributed by atoms with Crippen LogP contribution in [-0.4, -0.2) is 47.8 Å². The Morgan fingerprint density at radius 2 is 1.75 bits per heavy atom. The van der Waals surface area contributed by atoms with Gasteiger partial charge in [0.05, 0.1) is 5.60 Å². The fourth-order valence-corrected chi connectivity index (χ4v) is 4.03. The van der Waals surface area contributed by atoms with E-state index in [0.29, 0.717) is 6.04 Å². The summed E-state index contributed by atoms with van der Waals surface area (Å²) in [5, 5.41) is 14.3. The van der Waals surface area contributed by atoms with Crippen LogP contribution in [0.15, 0.2) is 0 Å². The Morgan fingerprint density at radius 3 is 2.35 bits per heavy atom. The Labute approximate surface area is 125 Å². The molecule has 0 spiro atoms. The highest BCUT2D eigenvalue weighted by molar-refractivity contribution is 4.88. The number of hydrogen-bond donors (Lipinski definition) is 2. The molecular weight excluding hydrogens is 248 g/mol. The first kappa shape index (κ1) is 16.3. The number of nitrogens with zero attached hydrogens (tertiary/aromatic N) is 1. The van der Waals surface area contributed by atoms with Crippen LogP contribution in [0.5, 0.6) is 0 Å². The Kier molecular flexibility index (Phi) is 6.31. The van der Waals surface area contributed by atoms with Crippen molar-refractivity contribution in [1.82, 2.24) is 10.2 Å². The normalized spacial score (nSPS) is 30.6. The lowest BCUT2D eigenvalue weighted by atomic mass is 9.83. The zero-order valence-electron chi connectivity index (χ0n) is 13.5. The van der Waals surface area contributed by atoms with E-state index in [1.54, 1.807) is 0 Å². The Bertz CT molecular complexity index is 268. The minimum atomic E-state index is -0.399. The maximum absolute atomic E-state index is 10.7. The molecule has 0 bridgehead atoms. The molecule has 118 valence electrons. The van der Waals surface area contributed by atoms with Gasteiger partial charge in [0.1, 0.15) is 0 Å². The molecule has 0 saturated heterocycles. The maximum atomic E-state index is 10.7. The molecule has 20 heavy (non-hydrogen) atoms. The van der Waals surface area contributed by atoms with Gasteiger partial charge in [0, 0.05) is 18.6 Å². The van der Waals surface area contributed by atoms with Gasteiger partial charge in [-0.1, -0.05) is 26.2 Å². The summed E-state index contributed by atoms with van der Waals surface area (Å²) < 4.78 is 0. The highest BCUT2D eigenvalue weighted by Gasteiger charge is 2.33. The van der Waals surface area contributed by atoms with Crippen molar-refractivity contribution in [2.45, 2.75) is 88.8 Å². The van der Waals surface area contributed by atoms with E-state index in [4.69, 9.17) is 0 Å². The van der Waals surface area contributed by atoms with Gasteiger partial charge in [0.2, 0.25) is 0 Å². The van der Waals surface area contributed by atoms with Crippen LogP contribution in [-0.2, 0) is 0 Å². The molecule has 2 fully saturated rings. The van der Waals surface area contributed by atoms with E-state index in [2.05, 4.69) is 24.2 Å². The predicted molar refractivity (Wildman–Crippen MR) is 85.0 cm³/mol. The van der Waals surface area contributed by atoms with Crippen molar-refractivity contribution in [3.63, 3.8) is 0 Å². The zero-order chi connectivity index (χ0) is 14.4. The first-order chi connectivity index (χ1) is 9.63. The average molecular weight is 282 g/mol. The first-order valence-electron chi connectivity index (χ1n) is 8.79. The van der Waals surface area contributed by atoms with Gasteiger partial charge in [0.25, 0.3) is 0 Å². The van der Waals surface area contributed by atoms with E-state index in [9.17, 15) is 5.11 Å². The summed E-state index contributed by atoms with van der Waals surface area (Å²) in [6.45, 7) is 4.27. The number of likely N-dealkylation sites (N-methyl/N-ethyl adjacent to an activating group) is 1. The molecule has 0 amide bonds. The van der Waals surface area contributed by atoms with Gasteiger partial charge < -0.3 is 15.3 Å². The molecule has 0 aromatic heterocycles. The van der Waals surface area contributed by atoms with Gasteiger partial charge in [-0.25, -0.2) is 0 Å². The Balaban J connectivity index is 1.72. The summed E-state index contributed by atoms with van der Waals surface area (Å²) in [6.07, 6.45) is 12.1.